The van der Waals surface area contributed by atoms with Crippen LogP contribution in [0, 0.1) is 11.3 Å². The Hall–Kier alpha value is -0.590. The van der Waals surface area contributed by atoms with Gasteiger partial charge in [-0.25, -0.2) is 0 Å². The van der Waals surface area contributed by atoms with Gasteiger partial charge in [-0.3, -0.25) is 4.90 Å². The Balaban J connectivity index is 2.02. The molecule has 3 heteroatoms. The Bertz CT molecular complexity index is 240. The molecule has 1 N–H and O–H groups in total. The summed E-state index contributed by atoms with van der Waals surface area (Å²) in [7, 11) is 0. The number of hydrogen-bond acceptors (Lipinski definition) is 3. The Labute approximate surface area is 92.4 Å². The topological polar surface area (TPSA) is 39.1 Å². The highest BCUT2D eigenvalue weighted by molar-refractivity contribution is 4.97. The van der Waals surface area contributed by atoms with Crippen LogP contribution in [-0.4, -0.2) is 36.1 Å². The van der Waals surface area contributed by atoms with E-state index in [4.69, 9.17) is 5.26 Å². The molecule has 3 nitrogen and oxygen atoms in total. The highest BCUT2D eigenvalue weighted by atomic mass is 15.2. The van der Waals surface area contributed by atoms with Gasteiger partial charge in [0, 0.05) is 12.1 Å². The first-order valence-corrected chi connectivity index (χ1v) is 6.21. The summed E-state index contributed by atoms with van der Waals surface area (Å²) in [6.07, 6.45) is 6.45. The van der Waals surface area contributed by atoms with Crippen molar-refractivity contribution < 1.29 is 0 Å². The van der Waals surface area contributed by atoms with Gasteiger partial charge in [-0.15, -0.1) is 0 Å². The van der Waals surface area contributed by atoms with Gasteiger partial charge in [-0.05, 0) is 45.7 Å². The van der Waals surface area contributed by atoms with Gasteiger partial charge in [-0.1, -0.05) is 6.42 Å². The predicted molar refractivity (Wildman–Crippen MR) is 60.4 cm³/mol. The monoisotopic (exact) mass is 207 g/mol. The summed E-state index contributed by atoms with van der Waals surface area (Å²) in [6, 6.07) is 3.71. The van der Waals surface area contributed by atoms with E-state index in [9.17, 15) is 0 Å². The second-order valence-electron chi connectivity index (χ2n) is 4.81. The van der Waals surface area contributed by atoms with Gasteiger partial charge in [-0.2, -0.15) is 5.26 Å². The van der Waals surface area contributed by atoms with Crippen molar-refractivity contribution in [3.63, 3.8) is 0 Å². The minimum Gasteiger partial charge on any atom is -0.312 e. The van der Waals surface area contributed by atoms with Crippen molar-refractivity contribution in [2.45, 2.75) is 57.2 Å². The minimum absolute atomic E-state index is 0.0812. The lowest BCUT2D eigenvalue weighted by atomic mass is 9.93. The highest BCUT2D eigenvalue weighted by Gasteiger charge is 2.33. The molecule has 2 saturated heterocycles. The normalized spacial score (nSPS) is 34.9. The SMILES string of the molecule is CC(C#N)N1CCCCC1C1CCCN1. The Morgan fingerprint density at radius 1 is 1.33 bits per heavy atom. The maximum absolute atomic E-state index is 9.04. The summed E-state index contributed by atoms with van der Waals surface area (Å²) in [6.45, 7) is 4.31. The van der Waals surface area contributed by atoms with Gasteiger partial charge in [0.15, 0.2) is 0 Å². The van der Waals surface area contributed by atoms with E-state index in [0.29, 0.717) is 12.1 Å². The molecule has 2 aliphatic heterocycles. The first-order valence-electron chi connectivity index (χ1n) is 6.21. The first kappa shape index (κ1) is 10.9. The third-order valence-electron chi connectivity index (χ3n) is 3.84. The van der Waals surface area contributed by atoms with E-state index < -0.39 is 0 Å². The summed E-state index contributed by atoms with van der Waals surface area (Å²) in [5.74, 6) is 0. The molecule has 0 bridgehead atoms. The second kappa shape index (κ2) is 4.96. The van der Waals surface area contributed by atoms with Gasteiger partial charge in [0.1, 0.15) is 0 Å². The van der Waals surface area contributed by atoms with Crippen LogP contribution < -0.4 is 5.32 Å². The molecule has 2 heterocycles. The van der Waals surface area contributed by atoms with Crippen LogP contribution in [0.3, 0.4) is 0 Å². The standard InChI is InChI=1S/C12H21N3/c1-10(9-13)15-8-3-2-6-12(15)11-5-4-7-14-11/h10-12,14H,2-8H2,1H3. The maximum Gasteiger partial charge on any atom is 0.0952 e. The fraction of sp³-hybridized carbons (Fsp3) is 0.917. The second-order valence-corrected chi connectivity index (χ2v) is 4.81. The van der Waals surface area contributed by atoms with Crippen LogP contribution in [0.4, 0.5) is 0 Å². The fourth-order valence-electron chi connectivity index (χ4n) is 3.01. The van der Waals surface area contributed by atoms with Crippen molar-refractivity contribution >= 4 is 0 Å². The molecule has 0 aromatic carbocycles. The number of likely N-dealkylation sites (tertiary alicyclic amines) is 1. The largest absolute Gasteiger partial charge is 0.312 e. The average Bonchev–Trinajstić information content (AvgIpc) is 2.81. The van der Waals surface area contributed by atoms with Gasteiger partial charge in [0.25, 0.3) is 0 Å². The van der Waals surface area contributed by atoms with Gasteiger partial charge in [0.05, 0.1) is 12.1 Å². The van der Waals surface area contributed by atoms with Crippen molar-refractivity contribution in [1.82, 2.24) is 10.2 Å². The van der Waals surface area contributed by atoms with Crippen molar-refractivity contribution in [2.75, 3.05) is 13.1 Å². The van der Waals surface area contributed by atoms with E-state index in [0.717, 1.165) is 13.1 Å². The van der Waals surface area contributed by atoms with Crippen LogP contribution in [-0.2, 0) is 0 Å². The third-order valence-corrected chi connectivity index (χ3v) is 3.84. The zero-order chi connectivity index (χ0) is 10.7. The number of nitriles is 1. The summed E-state index contributed by atoms with van der Waals surface area (Å²) in [4.78, 5) is 2.41. The molecule has 0 aromatic rings. The lowest BCUT2D eigenvalue weighted by molar-refractivity contribution is 0.102. The van der Waals surface area contributed by atoms with E-state index in [1.165, 1.54) is 32.1 Å². The molecule has 2 aliphatic rings. The highest BCUT2D eigenvalue weighted by Crippen LogP contribution is 2.25. The summed E-state index contributed by atoms with van der Waals surface area (Å²) >= 11 is 0. The minimum atomic E-state index is 0.0812. The quantitative estimate of drug-likeness (QED) is 0.746. The lowest BCUT2D eigenvalue weighted by Crippen LogP contribution is -2.53. The molecule has 3 atom stereocenters. The van der Waals surface area contributed by atoms with Crippen LogP contribution in [0.1, 0.15) is 39.0 Å². The zero-order valence-electron chi connectivity index (χ0n) is 9.58. The van der Waals surface area contributed by atoms with Crippen molar-refractivity contribution in [2.24, 2.45) is 0 Å². The van der Waals surface area contributed by atoms with Crippen molar-refractivity contribution in [1.29, 1.82) is 5.26 Å². The summed E-state index contributed by atoms with van der Waals surface area (Å²) in [5, 5.41) is 12.6. The molecular weight excluding hydrogens is 186 g/mol. The Morgan fingerprint density at radius 3 is 2.87 bits per heavy atom. The molecule has 0 spiro atoms. The number of piperidine rings is 1. The van der Waals surface area contributed by atoms with E-state index in [1.807, 2.05) is 6.92 Å². The van der Waals surface area contributed by atoms with Crippen LogP contribution in [0.25, 0.3) is 0 Å². The number of nitrogens with zero attached hydrogens (tertiary/aromatic N) is 2. The molecule has 2 rings (SSSR count). The Kier molecular flexibility index (Phi) is 3.61. The lowest BCUT2D eigenvalue weighted by Gasteiger charge is -2.40. The van der Waals surface area contributed by atoms with Gasteiger partial charge in [0.2, 0.25) is 0 Å². The van der Waals surface area contributed by atoms with E-state index in [2.05, 4.69) is 16.3 Å². The molecule has 15 heavy (non-hydrogen) atoms. The van der Waals surface area contributed by atoms with Crippen LogP contribution in [0.2, 0.25) is 0 Å². The molecule has 0 aromatic heterocycles. The maximum atomic E-state index is 9.04. The van der Waals surface area contributed by atoms with Crippen LogP contribution in [0.5, 0.6) is 0 Å². The zero-order valence-corrected chi connectivity index (χ0v) is 9.58. The summed E-state index contributed by atoms with van der Waals surface area (Å²) in [5.41, 5.74) is 0. The number of rotatable bonds is 2. The van der Waals surface area contributed by atoms with Crippen LogP contribution in [0.15, 0.2) is 0 Å². The molecule has 0 amide bonds. The third kappa shape index (κ3) is 2.32. The average molecular weight is 207 g/mol. The first-order chi connectivity index (χ1) is 7.33. The van der Waals surface area contributed by atoms with Crippen molar-refractivity contribution in [3.8, 4) is 6.07 Å². The predicted octanol–water partition coefficient (Wildman–Crippen LogP) is 1.50. The smallest absolute Gasteiger partial charge is 0.0952 e. The number of hydrogen-bond donors (Lipinski definition) is 1. The summed E-state index contributed by atoms with van der Waals surface area (Å²) < 4.78 is 0. The molecule has 2 fully saturated rings. The number of nitrogens with one attached hydrogen (secondary N) is 1. The molecule has 3 unspecified atom stereocenters. The van der Waals surface area contributed by atoms with E-state index in [-0.39, 0.29) is 6.04 Å². The van der Waals surface area contributed by atoms with E-state index in [1.54, 1.807) is 0 Å². The van der Waals surface area contributed by atoms with Gasteiger partial charge < -0.3 is 5.32 Å². The molecule has 0 aliphatic carbocycles. The molecule has 0 saturated carbocycles. The molecule has 84 valence electrons. The fourth-order valence-corrected chi connectivity index (χ4v) is 3.01. The van der Waals surface area contributed by atoms with E-state index >= 15 is 0 Å². The molecular formula is C12H21N3. The molecule has 0 radical (unpaired) electrons. The Morgan fingerprint density at radius 2 is 2.20 bits per heavy atom. The van der Waals surface area contributed by atoms with Gasteiger partial charge >= 0.3 is 0 Å². The van der Waals surface area contributed by atoms with Crippen LogP contribution >= 0.6 is 0 Å². The van der Waals surface area contributed by atoms with Crippen molar-refractivity contribution in [3.05, 3.63) is 0 Å².